The summed E-state index contributed by atoms with van der Waals surface area (Å²) >= 11 is 1.20. The predicted molar refractivity (Wildman–Crippen MR) is 60.4 cm³/mol. The van der Waals surface area contributed by atoms with Crippen LogP contribution in [0.5, 0.6) is 0 Å². The van der Waals surface area contributed by atoms with Gasteiger partial charge in [-0.05, 0) is 7.05 Å². The van der Waals surface area contributed by atoms with Gasteiger partial charge in [0.15, 0.2) is 5.13 Å². The van der Waals surface area contributed by atoms with Gasteiger partial charge in [-0.15, -0.1) is 11.3 Å². The van der Waals surface area contributed by atoms with Crippen molar-refractivity contribution in [3.63, 3.8) is 0 Å². The van der Waals surface area contributed by atoms with E-state index in [1.165, 1.54) is 11.3 Å². The Morgan fingerprint density at radius 3 is 2.89 bits per heavy atom. The monoisotopic (exact) mass is 280 g/mol. The summed E-state index contributed by atoms with van der Waals surface area (Å²) in [4.78, 5) is 18.2. The SMILES string of the molecule is CN1CCc2nc(NC(=O)NC(F)(F)F)sc2C1. The molecule has 5 nitrogen and oxygen atoms in total. The molecule has 0 spiro atoms. The number of nitrogens with one attached hydrogen (secondary N) is 2. The van der Waals surface area contributed by atoms with Crippen LogP contribution in [0.25, 0.3) is 0 Å². The van der Waals surface area contributed by atoms with Crippen LogP contribution >= 0.6 is 11.3 Å². The molecule has 9 heteroatoms. The van der Waals surface area contributed by atoms with Gasteiger partial charge in [0.25, 0.3) is 0 Å². The molecule has 2 amide bonds. The van der Waals surface area contributed by atoms with Crippen LogP contribution in [0.3, 0.4) is 0 Å². The van der Waals surface area contributed by atoms with Crippen molar-refractivity contribution in [3.05, 3.63) is 10.6 Å². The van der Waals surface area contributed by atoms with Crippen molar-refractivity contribution in [2.45, 2.75) is 19.3 Å². The zero-order valence-corrected chi connectivity index (χ0v) is 10.3. The Morgan fingerprint density at radius 2 is 2.22 bits per heavy atom. The molecule has 0 radical (unpaired) electrons. The van der Waals surface area contributed by atoms with Crippen LogP contribution in [-0.4, -0.2) is 35.8 Å². The van der Waals surface area contributed by atoms with Gasteiger partial charge >= 0.3 is 12.3 Å². The van der Waals surface area contributed by atoms with E-state index in [2.05, 4.69) is 15.2 Å². The normalized spacial score (nSPS) is 16.2. The second-order valence-electron chi connectivity index (χ2n) is 3.95. The standard InChI is InChI=1S/C9H11F3N4OS/c1-16-3-2-5-6(4-16)18-8(13-5)14-7(17)15-9(10,11)12/h2-4H2,1H3,(H2,13,14,15,17). The van der Waals surface area contributed by atoms with E-state index >= 15 is 0 Å². The van der Waals surface area contributed by atoms with Gasteiger partial charge in [-0.1, -0.05) is 0 Å². The van der Waals surface area contributed by atoms with E-state index in [4.69, 9.17) is 0 Å². The molecule has 0 saturated carbocycles. The van der Waals surface area contributed by atoms with Crippen molar-refractivity contribution in [1.29, 1.82) is 0 Å². The molecule has 0 unspecified atom stereocenters. The number of halogens is 3. The lowest BCUT2D eigenvalue weighted by Crippen LogP contribution is -2.40. The molecule has 100 valence electrons. The summed E-state index contributed by atoms with van der Waals surface area (Å²) in [5.74, 6) is 0. The molecule has 0 aliphatic carbocycles. The number of hydrogen-bond acceptors (Lipinski definition) is 4. The van der Waals surface area contributed by atoms with Gasteiger partial charge in [-0.25, -0.2) is 15.1 Å². The third-order valence-electron chi connectivity index (χ3n) is 2.40. The van der Waals surface area contributed by atoms with Gasteiger partial charge in [-0.2, -0.15) is 13.2 Å². The Hall–Kier alpha value is -1.35. The van der Waals surface area contributed by atoms with Crippen molar-refractivity contribution < 1.29 is 18.0 Å². The Labute approximate surface area is 105 Å². The maximum Gasteiger partial charge on any atom is 0.485 e. The van der Waals surface area contributed by atoms with Crippen LogP contribution in [0, 0.1) is 0 Å². The molecule has 1 aliphatic heterocycles. The number of hydrogen-bond donors (Lipinski definition) is 2. The summed E-state index contributed by atoms with van der Waals surface area (Å²) in [5, 5.41) is 3.14. The first-order valence-corrected chi connectivity index (χ1v) is 5.98. The van der Waals surface area contributed by atoms with E-state index in [1.54, 1.807) is 0 Å². The third kappa shape index (κ3) is 3.33. The lowest BCUT2D eigenvalue weighted by molar-refractivity contribution is -0.144. The van der Waals surface area contributed by atoms with Crippen molar-refractivity contribution in [1.82, 2.24) is 15.2 Å². The van der Waals surface area contributed by atoms with E-state index in [0.717, 1.165) is 28.9 Å². The van der Waals surface area contributed by atoms with Gasteiger partial charge in [0.2, 0.25) is 0 Å². The van der Waals surface area contributed by atoms with E-state index in [0.29, 0.717) is 6.54 Å². The number of carbonyl (C=O) groups is 1. The number of thiazole rings is 1. The summed E-state index contributed by atoms with van der Waals surface area (Å²) in [6, 6.07) is -1.32. The summed E-state index contributed by atoms with van der Waals surface area (Å²) in [5.41, 5.74) is 0.848. The van der Waals surface area contributed by atoms with E-state index in [9.17, 15) is 18.0 Å². The predicted octanol–water partition coefficient (Wildman–Crippen LogP) is 1.77. The number of anilines is 1. The van der Waals surface area contributed by atoms with Crippen LogP contribution < -0.4 is 10.6 Å². The summed E-state index contributed by atoms with van der Waals surface area (Å²) in [7, 11) is 1.95. The average Bonchev–Trinajstić information content (AvgIpc) is 2.55. The molecule has 2 rings (SSSR count). The number of rotatable bonds is 1. The van der Waals surface area contributed by atoms with Crippen molar-refractivity contribution in [2.75, 3.05) is 18.9 Å². The van der Waals surface area contributed by atoms with E-state index < -0.39 is 12.3 Å². The number of alkyl halides is 3. The van der Waals surface area contributed by atoms with Crippen LogP contribution in [0.4, 0.5) is 23.1 Å². The first kappa shape index (κ1) is 13.1. The minimum atomic E-state index is -4.73. The Morgan fingerprint density at radius 1 is 1.50 bits per heavy atom. The lowest BCUT2D eigenvalue weighted by Gasteiger charge is -2.20. The second kappa shape index (κ2) is 4.73. The number of carbonyl (C=O) groups excluding carboxylic acids is 1. The summed E-state index contributed by atoms with van der Waals surface area (Å²) in [6.45, 7) is 1.56. The summed E-state index contributed by atoms with van der Waals surface area (Å²) in [6.07, 6.45) is -3.99. The first-order chi connectivity index (χ1) is 8.33. The molecule has 2 heterocycles. The minimum Gasteiger partial charge on any atom is -0.301 e. The quantitative estimate of drug-likeness (QED) is 0.771. The number of nitrogens with zero attached hydrogens (tertiary/aromatic N) is 2. The van der Waals surface area contributed by atoms with Crippen molar-refractivity contribution in [2.24, 2.45) is 0 Å². The molecule has 1 aromatic rings. The Bertz CT molecular complexity index is 459. The Balaban J connectivity index is 2.01. The van der Waals surface area contributed by atoms with Gasteiger partial charge in [0, 0.05) is 24.4 Å². The molecule has 1 aromatic heterocycles. The number of fused-ring (bicyclic) bond motifs is 1. The maximum absolute atomic E-state index is 11.9. The molecule has 2 N–H and O–H groups in total. The molecule has 0 saturated heterocycles. The topological polar surface area (TPSA) is 57.3 Å². The van der Waals surface area contributed by atoms with Crippen molar-refractivity contribution in [3.8, 4) is 0 Å². The molecule has 0 atom stereocenters. The lowest BCUT2D eigenvalue weighted by atomic mass is 10.2. The molecule has 0 bridgehead atoms. The number of likely N-dealkylation sites (N-methyl/N-ethyl adjacent to an activating group) is 1. The minimum absolute atomic E-state index is 0.192. The highest BCUT2D eigenvalue weighted by molar-refractivity contribution is 7.15. The molecule has 0 fully saturated rings. The van der Waals surface area contributed by atoms with Crippen LogP contribution in [0.2, 0.25) is 0 Å². The largest absolute Gasteiger partial charge is 0.485 e. The van der Waals surface area contributed by atoms with Crippen LogP contribution in [0.1, 0.15) is 10.6 Å². The fourth-order valence-corrected chi connectivity index (χ4v) is 2.72. The van der Waals surface area contributed by atoms with Gasteiger partial charge < -0.3 is 4.90 Å². The summed E-state index contributed by atoms with van der Waals surface area (Å²) < 4.78 is 35.7. The average molecular weight is 280 g/mol. The molecule has 0 aromatic carbocycles. The number of aromatic nitrogens is 1. The van der Waals surface area contributed by atoms with E-state index in [1.807, 2.05) is 7.05 Å². The second-order valence-corrected chi connectivity index (χ2v) is 5.04. The highest BCUT2D eigenvalue weighted by Gasteiger charge is 2.30. The Kier molecular flexibility index (Phi) is 3.44. The smallest absolute Gasteiger partial charge is 0.301 e. The van der Waals surface area contributed by atoms with Crippen molar-refractivity contribution >= 4 is 22.5 Å². The van der Waals surface area contributed by atoms with Gasteiger partial charge in [0.1, 0.15) is 0 Å². The molecular formula is C9H11F3N4OS. The van der Waals surface area contributed by atoms with Gasteiger partial charge in [-0.3, -0.25) is 5.32 Å². The fourth-order valence-electron chi connectivity index (χ4n) is 1.63. The maximum atomic E-state index is 11.9. The zero-order chi connectivity index (χ0) is 13.3. The first-order valence-electron chi connectivity index (χ1n) is 5.16. The highest BCUT2D eigenvalue weighted by atomic mass is 32.1. The number of amides is 2. The van der Waals surface area contributed by atoms with Gasteiger partial charge in [0.05, 0.1) is 5.69 Å². The molecular weight excluding hydrogens is 269 g/mol. The number of urea groups is 1. The molecule has 1 aliphatic rings. The third-order valence-corrected chi connectivity index (χ3v) is 3.40. The highest BCUT2D eigenvalue weighted by Crippen LogP contribution is 2.27. The fraction of sp³-hybridized carbons (Fsp3) is 0.556. The van der Waals surface area contributed by atoms with Crippen LogP contribution in [0.15, 0.2) is 0 Å². The molecule has 18 heavy (non-hydrogen) atoms. The van der Waals surface area contributed by atoms with E-state index in [-0.39, 0.29) is 5.13 Å². The zero-order valence-electron chi connectivity index (χ0n) is 9.47. The van der Waals surface area contributed by atoms with Crippen LogP contribution in [-0.2, 0) is 13.0 Å².